The van der Waals surface area contributed by atoms with Crippen molar-refractivity contribution in [2.75, 3.05) is 124 Å². The number of nitrogens with two attached hydrogens (primary N) is 4. The molecule has 5 saturated heterocycles. The van der Waals surface area contributed by atoms with E-state index in [2.05, 4.69) is 92.9 Å². The average molecular weight is 1920 g/mol. The number of anilines is 3. The highest BCUT2D eigenvalue weighted by Gasteiger charge is 2.54. The van der Waals surface area contributed by atoms with Crippen LogP contribution in [0.4, 0.5) is 17.6 Å². The minimum Gasteiger partial charge on any atom is -0.394 e. The third-order valence-corrected chi connectivity index (χ3v) is 27.1. The van der Waals surface area contributed by atoms with Crippen LogP contribution < -0.4 is 67.7 Å². The normalized spacial score (nSPS) is 27.8. The van der Waals surface area contributed by atoms with Crippen LogP contribution >= 0.6 is 79.8 Å². The molecule has 57 heteroatoms. The van der Waals surface area contributed by atoms with Gasteiger partial charge in [0.1, 0.15) is 85.3 Å². The predicted molar refractivity (Wildman–Crippen MR) is 436 cm³/mol. The van der Waals surface area contributed by atoms with Gasteiger partial charge in [0.15, 0.2) is 23.6 Å². The largest absolute Gasteiger partial charge is 0.394 e. The van der Waals surface area contributed by atoms with Crippen LogP contribution in [0, 0.1) is 18.8 Å². The number of rotatable bonds is 44. The molecule has 0 aromatic carbocycles. The quantitative estimate of drug-likeness (QED) is 0.0144. The molecule has 1 amide bonds. The lowest BCUT2D eigenvalue weighted by molar-refractivity contribution is -0.122. The number of ether oxygens (including phenoxy) is 10. The highest BCUT2D eigenvalue weighted by Crippen LogP contribution is 2.62. The molecular weight excluding hydrogens is 1820 g/mol. The molecule has 6 unspecified atom stereocenters. The van der Waals surface area contributed by atoms with Gasteiger partial charge in [-0.2, -0.15) is 15.0 Å². The van der Waals surface area contributed by atoms with Crippen molar-refractivity contribution in [2.24, 2.45) is 17.6 Å². The molecule has 666 valence electrons. The zero-order valence-electron chi connectivity index (χ0n) is 64.6. The number of aromatic nitrogens is 12. The van der Waals surface area contributed by atoms with Crippen molar-refractivity contribution in [3.63, 3.8) is 0 Å². The van der Waals surface area contributed by atoms with E-state index < -0.39 is 191 Å². The topological polar surface area (TPSA) is 623 Å². The van der Waals surface area contributed by atoms with Crippen LogP contribution in [-0.4, -0.2) is 242 Å². The number of thiol groups is 3. The summed E-state index contributed by atoms with van der Waals surface area (Å²) in [6.07, 6.45) is -15.6. The van der Waals surface area contributed by atoms with E-state index in [1.54, 1.807) is 0 Å². The number of fused-ring (bicyclic) bond motifs is 1. The molecule has 120 heavy (non-hydrogen) atoms. The maximum atomic E-state index is 15.1. The van der Waals surface area contributed by atoms with Crippen molar-refractivity contribution in [3.05, 3.63) is 126 Å². The number of aryl methyl sites for hydroxylation is 1. The van der Waals surface area contributed by atoms with Crippen LogP contribution in [-0.2, 0) is 118 Å². The minimum absolute atomic E-state index is 0.00545. The van der Waals surface area contributed by atoms with Crippen LogP contribution in [0.15, 0.2) is 81.3 Å². The van der Waals surface area contributed by atoms with Gasteiger partial charge in [-0.15, -0.1) is 0 Å². The Labute approximate surface area is 709 Å². The molecule has 13 N–H and O–H groups in total. The number of aliphatic hydroxyl groups excluding tert-OH is 1. The number of halogens is 1. The molecule has 6 aromatic rings. The number of carbonyl (C=O) groups excluding carboxylic acids is 1. The Morgan fingerprint density at radius 3 is 1.75 bits per heavy atom. The number of aliphatic hydroxyl groups is 1. The molecular formula is C63H92BrN17O31P4S4. The molecule has 0 saturated carbocycles. The van der Waals surface area contributed by atoms with E-state index >= 15 is 4.57 Å². The molecule has 11 rings (SSSR count). The Hall–Kier alpha value is -5.63. The predicted octanol–water partition coefficient (Wildman–Crippen LogP) is 0.980. The van der Waals surface area contributed by atoms with Crippen molar-refractivity contribution >= 4 is 126 Å². The molecule has 0 aliphatic carbocycles. The highest BCUT2D eigenvalue weighted by molar-refractivity contribution is 9.10. The summed E-state index contributed by atoms with van der Waals surface area (Å²) >= 11 is 22.2. The SMILES string of the molecule is COC1[C@@H](OP(=O)(S)OC[C@H]2O[C@@H](n3cnc4c(=O)[nH]c(N)nc43)C[C@H]2OP(=O)(S)OC[C@H]2O[C@@H](n3cc(C)c(=O)[nH]c3=O)C[C@H]2OP(=S)(OCCOCCOCCNC(=O)CCOCCN)OC[C@H]2O[C@@H](n3ccc(N)nc3=O)C[C@H]2C(C)C)[C@@H](COP(=O)(S)O[C@@H]2C(OC)[C@H](n3cc(Br)c(=O)[nH]c3=O)O[C@@H]2CO)O[C@H]1n1ccc(N)nc1=O. The highest BCUT2D eigenvalue weighted by atomic mass is 79.9. The fourth-order valence-electron chi connectivity index (χ4n) is 13.6. The third kappa shape index (κ3) is 24.3. The van der Waals surface area contributed by atoms with Gasteiger partial charge in [-0.1, -0.05) is 50.6 Å². The second-order valence-corrected chi connectivity index (χ2v) is 40.2. The maximum absolute atomic E-state index is 15.1. The fourth-order valence-corrected chi connectivity index (χ4v) is 20.5. The number of nitrogen functional groups attached to an aromatic ring is 3. The summed E-state index contributed by atoms with van der Waals surface area (Å²) in [7, 11) is 2.37. The Kier molecular flexibility index (Phi) is 33.4. The Morgan fingerprint density at radius 1 is 0.608 bits per heavy atom. The Morgan fingerprint density at radius 2 is 1.13 bits per heavy atom. The number of H-pyrrole nitrogens is 3. The van der Waals surface area contributed by atoms with E-state index in [1.165, 1.54) is 67.3 Å². The Bertz CT molecular complexity index is 5210. The Balaban J connectivity index is 0.820. The molecule has 5 fully saturated rings. The molecule has 0 bridgehead atoms. The summed E-state index contributed by atoms with van der Waals surface area (Å²) in [5.74, 6) is -1.02. The van der Waals surface area contributed by atoms with Crippen LogP contribution in [0.3, 0.4) is 0 Å². The van der Waals surface area contributed by atoms with Crippen LogP contribution in [0.1, 0.15) is 76.2 Å². The molecule has 48 nitrogen and oxygen atoms in total. The summed E-state index contributed by atoms with van der Waals surface area (Å²) in [5.41, 5.74) is 17.3. The van der Waals surface area contributed by atoms with Crippen molar-refractivity contribution in [1.82, 2.24) is 63.0 Å². The van der Waals surface area contributed by atoms with Crippen molar-refractivity contribution in [2.45, 2.75) is 145 Å². The smallest absolute Gasteiger partial charge is 0.386 e. The number of imidazole rings is 1. The molecule has 11 heterocycles. The monoisotopic (exact) mass is 1910 g/mol. The second-order valence-electron chi connectivity index (χ2n) is 27.7. The van der Waals surface area contributed by atoms with E-state index in [0.717, 1.165) is 19.9 Å². The maximum Gasteiger partial charge on any atom is 0.386 e. The summed E-state index contributed by atoms with van der Waals surface area (Å²) in [4.78, 5) is 126. The van der Waals surface area contributed by atoms with E-state index in [4.69, 9.17) is 123 Å². The summed E-state index contributed by atoms with van der Waals surface area (Å²) in [6.45, 7) is -15.7. The summed E-state index contributed by atoms with van der Waals surface area (Å²) in [6, 6.07) is 2.71. The lowest BCUT2D eigenvalue weighted by atomic mass is 9.89. The van der Waals surface area contributed by atoms with Crippen molar-refractivity contribution in [1.29, 1.82) is 0 Å². The summed E-state index contributed by atoms with van der Waals surface area (Å²) in [5, 5.41) is 13.2. The number of carbonyl (C=O) groups is 1. The van der Waals surface area contributed by atoms with Gasteiger partial charge < -0.3 is 94.3 Å². The zero-order valence-corrected chi connectivity index (χ0v) is 73.3. The van der Waals surface area contributed by atoms with Gasteiger partial charge in [-0.05, 0) is 65.0 Å². The lowest BCUT2D eigenvalue weighted by Crippen LogP contribution is -2.40. The first-order valence-corrected chi connectivity index (χ1v) is 48.4. The zero-order chi connectivity index (χ0) is 86.7. The first kappa shape index (κ1) is 95.0. The van der Waals surface area contributed by atoms with Gasteiger partial charge in [-0.25, -0.2) is 37.9 Å². The second kappa shape index (κ2) is 42.1. The van der Waals surface area contributed by atoms with E-state index in [1.807, 2.05) is 13.8 Å². The lowest BCUT2D eigenvalue weighted by Gasteiger charge is -2.30. The standard InChI is InChI=1S/C63H92BrN17O31P4S4/c1-31(2)33-20-45(77-11-6-42(66)71-60(77)87)104-38(33)26-103-116(120,99-19-18-98-17-16-97-15-10-69-44(83)8-13-96-14-9-65)110-36-22-46(79-23-32(3)54(84)75-62(79)89)105-40(36)28-100-113(91,117)109-35-21-47(81-30-70-48-53(81)73-59(68)74-56(48)86)106-39(35)27-101-114(92,118)112-50-41(108-57(52(50)95-5)78-12-7-43(67)72-61(78)88)29-102-115(93,119)111-49-37(25-82)107-58(51(49)94-4)80-24-34(64)55(85)76-63(80)90/h6-7,11-12,23-24,30-31,33,35-41,45-47,49-52,57-58,82H,8-10,13-22,25-29,65H2,1-5H3,(H,69,83)(H,91,117)(H,92,118)(H,93,119)(H2,66,71,87)(H2,67,72,88)(H,75,84,89)(H,76,85,90)(H3,68,73,74,86)/t33-,35+,36+,37+,38+,39+,40+,41+,45+,46+,47+,49-,50-,51?,52?,57+,58+,113?,114?,115?,116?/m0/s1. The molecule has 21 atom stereocenters. The van der Waals surface area contributed by atoms with Crippen LogP contribution in [0.25, 0.3) is 11.2 Å². The molecule has 5 aliphatic rings. The van der Waals surface area contributed by atoms with E-state index in [9.17, 15) is 52.6 Å². The number of amides is 1. The molecule has 5 aliphatic heterocycles. The van der Waals surface area contributed by atoms with Gasteiger partial charge >= 0.3 is 49.9 Å². The van der Waals surface area contributed by atoms with Gasteiger partial charge in [0, 0.05) is 76.9 Å². The minimum atomic E-state index is -4.92. The first-order valence-electron chi connectivity index (χ1n) is 36.9. The van der Waals surface area contributed by atoms with E-state index in [0.29, 0.717) is 19.6 Å². The van der Waals surface area contributed by atoms with Gasteiger partial charge in [0.2, 0.25) is 11.9 Å². The number of hydrogen-bond acceptors (Lipinski definition) is 40. The number of nitrogens with zero attached hydrogens (tertiary/aromatic N) is 9. The molecule has 0 radical (unpaired) electrons. The van der Waals surface area contributed by atoms with E-state index in [-0.39, 0.29) is 129 Å². The first-order chi connectivity index (χ1) is 57.0. The van der Waals surface area contributed by atoms with Crippen molar-refractivity contribution in [3.8, 4) is 0 Å². The van der Waals surface area contributed by atoms with Crippen molar-refractivity contribution < 1.29 is 112 Å². The van der Waals surface area contributed by atoms with Crippen LogP contribution in [0.5, 0.6) is 0 Å². The fraction of sp³-hybridized carbons (Fsp3) is 0.651. The molecule has 0 spiro atoms. The third-order valence-electron chi connectivity index (χ3n) is 19.3. The number of methoxy groups -OCH3 is 2. The van der Waals surface area contributed by atoms with Gasteiger partial charge in [0.25, 0.3) is 16.7 Å². The number of hydrogen-bond donors (Lipinski definition) is 12. The van der Waals surface area contributed by atoms with Gasteiger partial charge in [-0.3, -0.25) is 84.1 Å². The average Bonchev–Trinajstić information content (AvgIpc) is 1.65. The number of aromatic amines is 3. The van der Waals surface area contributed by atoms with Gasteiger partial charge in [0.05, 0.1) is 102 Å². The summed E-state index contributed by atoms with van der Waals surface area (Å²) < 4.78 is 165. The molecule has 6 aromatic heterocycles. The number of nitrogens with one attached hydrogen (secondary N) is 4. The van der Waals surface area contributed by atoms with Crippen LogP contribution in [0.2, 0.25) is 0 Å².